The van der Waals surface area contributed by atoms with Crippen LogP contribution in [0.2, 0.25) is 0 Å². The largest absolute Gasteiger partial charge is 0.493 e. The summed E-state index contributed by atoms with van der Waals surface area (Å²) in [5, 5.41) is 0.702. The molecule has 0 atom stereocenters. The lowest BCUT2D eigenvalue weighted by Crippen LogP contribution is -2.11. The number of unbranched alkanes of at least 4 members (excludes halogenated alkanes) is 1. The minimum atomic E-state index is -4.60. The van der Waals surface area contributed by atoms with Gasteiger partial charge in [-0.05, 0) is 25.0 Å². The third-order valence-electron chi connectivity index (χ3n) is 2.82. The molecule has 1 aromatic heterocycles. The zero-order chi connectivity index (χ0) is 15.5. The quantitative estimate of drug-likeness (QED) is 0.449. The zero-order valence-corrected chi connectivity index (χ0v) is 12.5. The lowest BCUT2D eigenvalue weighted by molar-refractivity contribution is -0.136. The van der Waals surface area contributed by atoms with E-state index in [9.17, 15) is 18.0 Å². The number of benzene rings is 1. The van der Waals surface area contributed by atoms with Gasteiger partial charge in [0.15, 0.2) is 0 Å². The van der Waals surface area contributed by atoms with Gasteiger partial charge in [-0.2, -0.15) is 13.2 Å². The SMILES string of the molecule is O=c1cc(C(F)(F)F)c2ccc(OCCCCBr)cc2o1. The Hall–Kier alpha value is -1.50. The summed E-state index contributed by atoms with van der Waals surface area (Å²) in [6, 6.07) is 4.45. The first-order valence-corrected chi connectivity index (χ1v) is 7.38. The van der Waals surface area contributed by atoms with E-state index >= 15 is 0 Å². The van der Waals surface area contributed by atoms with Crippen LogP contribution in [-0.4, -0.2) is 11.9 Å². The average molecular weight is 365 g/mol. The van der Waals surface area contributed by atoms with Crippen molar-refractivity contribution in [3.05, 3.63) is 40.2 Å². The number of halogens is 4. The smallest absolute Gasteiger partial charge is 0.417 e. The summed E-state index contributed by atoms with van der Waals surface area (Å²) in [6.07, 6.45) is -2.86. The Kier molecular flexibility index (Phi) is 4.92. The molecular weight excluding hydrogens is 353 g/mol. The van der Waals surface area contributed by atoms with Gasteiger partial charge in [-0.1, -0.05) is 15.9 Å². The van der Waals surface area contributed by atoms with Crippen LogP contribution < -0.4 is 10.4 Å². The maximum atomic E-state index is 12.9. The van der Waals surface area contributed by atoms with E-state index in [-0.39, 0.29) is 11.0 Å². The first-order chi connectivity index (χ1) is 9.91. The number of ether oxygens (including phenoxy) is 1. The standard InChI is InChI=1S/C14H12BrF3O3/c15-5-1-2-6-20-9-3-4-10-11(14(16,17)18)8-13(19)21-12(10)7-9/h3-4,7-8H,1-2,5-6H2. The highest BCUT2D eigenvalue weighted by Crippen LogP contribution is 2.34. The van der Waals surface area contributed by atoms with E-state index in [1.54, 1.807) is 0 Å². The number of hydrogen-bond acceptors (Lipinski definition) is 3. The molecule has 0 aliphatic carbocycles. The Labute approximate surface area is 126 Å². The van der Waals surface area contributed by atoms with Crippen LogP contribution in [0.1, 0.15) is 18.4 Å². The van der Waals surface area contributed by atoms with E-state index < -0.39 is 17.4 Å². The fourth-order valence-electron chi connectivity index (χ4n) is 1.85. The molecule has 114 valence electrons. The van der Waals surface area contributed by atoms with Crippen LogP contribution in [0.25, 0.3) is 11.0 Å². The van der Waals surface area contributed by atoms with Crippen molar-refractivity contribution in [2.45, 2.75) is 19.0 Å². The van der Waals surface area contributed by atoms with Crippen molar-refractivity contribution in [2.24, 2.45) is 0 Å². The fraction of sp³-hybridized carbons (Fsp3) is 0.357. The Morgan fingerprint density at radius 3 is 2.62 bits per heavy atom. The van der Waals surface area contributed by atoms with Crippen molar-refractivity contribution in [3.63, 3.8) is 0 Å². The van der Waals surface area contributed by atoms with E-state index in [0.29, 0.717) is 18.4 Å². The van der Waals surface area contributed by atoms with Gasteiger partial charge < -0.3 is 9.15 Å². The third kappa shape index (κ3) is 4.00. The van der Waals surface area contributed by atoms with Crippen LogP contribution in [0.3, 0.4) is 0 Å². The maximum Gasteiger partial charge on any atom is 0.417 e. The van der Waals surface area contributed by atoms with Gasteiger partial charge >= 0.3 is 11.8 Å². The minimum absolute atomic E-state index is 0.132. The van der Waals surface area contributed by atoms with E-state index in [2.05, 4.69) is 15.9 Å². The van der Waals surface area contributed by atoms with Crippen molar-refractivity contribution >= 4 is 26.9 Å². The van der Waals surface area contributed by atoms with Gasteiger partial charge in [0.1, 0.15) is 11.3 Å². The number of hydrogen-bond donors (Lipinski definition) is 0. The molecule has 3 nitrogen and oxygen atoms in total. The summed E-state index contributed by atoms with van der Waals surface area (Å²) in [7, 11) is 0. The van der Waals surface area contributed by atoms with Gasteiger partial charge in [0.25, 0.3) is 0 Å². The Bertz CT molecular complexity index is 679. The summed E-state index contributed by atoms with van der Waals surface area (Å²) in [4.78, 5) is 11.2. The summed E-state index contributed by atoms with van der Waals surface area (Å²) in [5.41, 5.74) is -2.17. The Morgan fingerprint density at radius 2 is 1.95 bits per heavy atom. The average Bonchev–Trinajstić information content (AvgIpc) is 2.41. The van der Waals surface area contributed by atoms with E-state index in [1.165, 1.54) is 18.2 Å². The van der Waals surface area contributed by atoms with E-state index in [0.717, 1.165) is 18.2 Å². The molecule has 0 fully saturated rings. The zero-order valence-electron chi connectivity index (χ0n) is 10.9. The molecule has 0 radical (unpaired) electrons. The van der Waals surface area contributed by atoms with Gasteiger partial charge in [-0.3, -0.25) is 0 Å². The second-order valence-corrected chi connectivity index (χ2v) is 5.17. The van der Waals surface area contributed by atoms with Gasteiger partial charge in [0, 0.05) is 22.8 Å². The second kappa shape index (κ2) is 6.51. The van der Waals surface area contributed by atoms with Crippen molar-refractivity contribution in [3.8, 4) is 5.75 Å². The molecule has 0 aliphatic heterocycles. The number of fused-ring (bicyclic) bond motifs is 1. The molecule has 0 bridgehead atoms. The third-order valence-corrected chi connectivity index (χ3v) is 3.38. The van der Waals surface area contributed by atoms with E-state index in [1.807, 2.05) is 0 Å². The first kappa shape index (κ1) is 15.9. The predicted octanol–water partition coefficient (Wildman–Crippen LogP) is 4.37. The summed E-state index contributed by atoms with van der Waals surface area (Å²) < 4.78 is 48.8. The van der Waals surface area contributed by atoms with Crippen molar-refractivity contribution in [2.75, 3.05) is 11.9 Å². The molecule has 0 unspecified atom stereocenters. The van der Waals surface area contributed by atoms with Gasteiger partial charge in [0.05, 0.1) is 12.2 Å². The second-order valence-electron chi connectivity index (χ2n) is 4.38. The Morgan fingerprint density at radius 1 is 1.19 bits per heavy atom. The van der Waals surface area contributed by atoms with Crippen LogP contribution in [-0.2, 0) is 6.18 Å². The highest BCUT2D eigenvalue weighted by molar-refractivity contribution is 9.09. The Balaban J connectivity index is 2.33. The summed E-state index contributed by atoms with van der Waals surface area (Å²) in [5.74, 6) is 0.375. The first-order valence-electron chi connectivity index (χ1n) is 6.25. The van der Waals surface area contributed by atoms with Crippen molar-refractivity contribution in [1.82, 2.24) is 0 Å². The normalized spacial score (nSPS) is 11.8. The van der Waals surface area contributed by atoms with E-state index in [4.69, 9.17) is 9.15 Å². The molecule has 0 spiro atoms. The predicted molar refractivity (Wildman–Crippen MR) is 76.0 cm³/mol. The molecule has 7 heteroatoms. The van der Waals surface area contributed by atoms with Crippen LogP contribution >= 0.6 is 15.9 Å². The molecule has 2 aromatic rings. The molecule has 1 heterocycles. The lowest BCUT2D eigenvalue weighted by atomic mass is 10.1. The molecule has 2 rings (SSSR count). The van der Waals surface area contributed by atoms with Gasteiger partial charge in [0.2, 0.25) is 0 Å². The molecule has 0 saturated heterocycles. The number of alkyl halides is 4. The summed E-state index contributed by atoms with van der Waals surface area (Å²) in [6.45, 7) is 0.445. The van der Waals surface area contributed by atoms with Crippen LogP contribution in [0.5, 0.6) is 5.75 Å². The highest BCUT2D eigenvalue weighted by atomic mass is 79.9. The molecule has 0 aliphatic rings. The van der Waals surface area contributed by atoms with Crippen LogP contribution in [0, 0.1) is 0 Å². The van der Waals surface area contributed by atoms with Crippen molar-refractivity contribution in [1.29, 1.82) is 0 Å². The molecule has 1 aromatic carbocycles. The van der Waals surface area contributed by atoms with Crippen LogP contribution in [0.15, 0.2) is 33.5 Å². The number of rotatable bonds is 5. The topological polar surface area (TPSA) is 39.4 Å². The fourth-order valence-corrected chi connectivity index (χ4v) is 2.25. The molecule has 21 heavy (non-hydrogen) atoms. The molecule has 0 saturated carbocycles. The lowest BCUT2D eigenvalue weighted by Gasteiger charge is -2.10. The minimum Gasteiger partial charge on any atom is -0.493 e. The van der Waals surface area contributed by atoms with Gasteiger partial charge in [-0.25, -0.2) is 4.79 Å². The van der Waals surface area contributed by atoms with Crippen molar-refractivity contribution < 1.29 is 22.3 Å². The molecular formula is C14H12BrF3O3. The van der Waals surface area contributed by atoms with Gasteiger partial charge in [-0.15, -0.1) is 0 Å². The highest BCUT2D eigenvalue weighted by Gasteiger charge is 2.33. The maximum absolute atomic E-state index is 12.9. The molecule has 0 N–H and O–H groups in total. The monoisotopic (exact) mass is 364 g/mol. The van der Waals surface area contributed by atoms with Crippen LogP contribution in [0.4, 0.5) is 13.2 Å². The summed E-state index contributed by atoms with van der Waals surface area (Å²) >= 11 is 3.29. The molecule has 0 amide bonds.